The van der Waals surface area contributed by atoms with E-state index >= 15 is 0 Å². The van der Waals surface area contributed by atoms with Gasteiger partial charge in [-0.25, -0.2) is 8.42 Å². The minimum Gasteiger partial charge on any atom is -0.353 e. The Bertz CT molecular complexity index is 348. The fourth-order valence-electron chi connectivity index (χ4n) is 1.73. The smallest absolute Gasteiger partial charge is 0.241 e. The average Bonchev–Trinajstić information content (AvgIpc) is 2.09. The summed E-state index contributed by atoms with van der Waals surface area (Å²) in [6.07, 6.45) is 0.566. The molecule has 0 atom stereocenters. The van der Waals surface area contributed by atoms with Gasteiger partial charge in [-0.15, -0.1) is 0 Å². The zero-order valence-corrected chi connectivity index (χ0v) is 10.2. The van der Waals surface area contributed by atoms with E-state index in [0.29, 0.717) is 19.5 Å². The molecular formula is C9H18N2O3S. The number of carbonyl (C=O) groups excluding carboxylic acids is 1. The normalized spacial score (nSPS) is 22.5. The van der Waals surface area contributed by atoms with Crippen LogP contribution in [0.3, 0.4) is 0 Å². The summed E-state index contributed by atoms with van der Waals surface area (Å²) in [5.74, 6) is -0.127. The topological polar surface area (TPSA) is 66.5 Å². The molecular weight excluding hydrogens is 216 g/mol. The molecule has 1 saturated heterocycles. The molecule has 0 aliphatic carbocycles. The van der Waals surface area contributed by atoms with E-state index in [2.05, 4.69) is 5.32 Å². The molecule has 88 valence electrons. The number of piperazine rings is 1. The van der Waals surface area contributed by atoms with E-state index in [9.17, 15) is 13.2 Å². The van der Waals surface area contributed by atoms with E-state index in [0.717, 1.165) is 0 Å². The van der Waals surface area contributed by atoms with Crippen LogP contribution in [-0.4, -0.2) is 43.0 Å². The first-order valence-corrected chi connectivity index (χ1v) is 6.72. The predicted octanol–water partition coefficient (Wildman–Crippen LogP) is -0.0634. The average molecular weight is 234 g/mol. The molecule has 15 heavy (non-hydrogen) atoms. The standard InChI is InChI=1S/C9H18N2O3S/c1-4-7-15(13,14)11-6-5-10-8(12)9(11,2)3/h4-7H2,1-3H3,(H,10,12). The van der Waals surface area contributed by atoms with Crippen molar-refractivity contribution in [1.82, 2.24) is 9.62 Å². The molecule has 0 bridgehead atoms. The molecule has 1 fully saturated rings. The maximum absolute atomic E-state index is 11.9. The Morgan fingerprint density at radius 2 is 2.07 bits per heavy atom. The zero-order valence-electron chi connectivity index (χ0n) is 9.41. The molecule has 1 rings (SSSR count). The molecule has 1 aliphatic heterocycles. The molecule has 1 heterocycles. The van der Waals surface area contributed by atoms with Gasteiger partial charge in [0.25, 0.3) is 0 Å². The SMILES string of the molecule is CCCS(=O)(=O)N1CCNC(=O)C1(C)C. The van der Waals surface area contributed by atoms with Gasteiger partial charge in [0.2, 0.25) is 15.9 Å². The maximum atomic E-state index is 11.9. The van der Waals surface area contributed by atoms with Gasteiger partial charge < -0.3 is 5.32 Å². The van der Waals surface area contributed by atoms with Crippen LogP contribution in [0.15, 0.2) is 0 Å². The lowest BCUT2D eigenvalue weighted by Gasteiger charge is -2.39. The van der Waals surface area contributed by atoms with Crippen LogP contribution in [0, 0.1) is 0 Å². The van der Waals surface area contributed by atoms with E-state index in [1.165, 1.54) is 4.31 Å². The van der Waals surface area contributed by atoms with Crippen molar-refractivity contribution in [3.8, 4) is 0 Å². The third kappa shape index (κ3) is 2.31. The first-order valence-electron chi connectivity index (χ1n) is 5.11. The van der Waals surface area contributed by atoms with Gasteiger partial charge in [0.05, 0.1) is 5.75 Å². The van der Waals surface area contributed by atoms with Crippen molar-refractivity contribution in [2.75, 3.05) is 18.8 Å². The summed E-state index contributed by atoms with van der Waals surface area (Å²) >= 11 is 0. The molecule has 0 radical (unpaired) electrons. The Kier molecular flexibility index (Phi) is 3.40. The highest BCUT2D eigenvalue weighted by Gasteiger charge is 2.43. The molecule has 6 heteroatoms. The number of amides is 1. The monoisotopic (exact) mass is 234 g/mol. The summed E-state index contributed by atoms with van der Waals surface area (Å²) in [5, 5.41) is 2.67. The van der Waals surface area contributed by atoms with Crippen LogP contribution in [0.5, 0.6) is 0 Å². The van der Waals surface area contributed by atoms with Crippen molar-refractivity contribution in [2.45, 2.75) is 32.7 Å². The van der Waals surface area contributed by atoms with Gasteiger partial charge in [0, 0.05) is 13.1 Å². The third-order valence-corrected chi connectivity index (χ3v) is 4.81. The summed E-state index contributed by atoms with van der Waals surface area (Å²) in [4.78, 5) is 11.6. The zero-order chi connectivity index (χ0) is 11.7. The lowest BCUT2D eigenvalue weighted by molar-refractivity contribution is -0.131. The molecule has 0 saturated carbocycles. The number of nitrogens with one attached hydrogen (secondary N) is 1. The summed E-state index contributed by atoms with van der Waals surface area (Å²) in [5.41, 5.74) is -0.966. The second-order valence-electron chi connectivity index (χ2n) is 4.20. The fraction of sp³-hybridized carbons (Fsp3) is 0.889. The molecule has 1 aliphatic rings. The van der Waals surface area contributed by atoms with Crippen LogP contribution in [-0.2, 0) is 14.8 Å². The summed E-state index contributed by atoms with van der Waals surface area (Å²) < 4.78 is 25.1. The summed E-state index contributed by atoms with van der Waals surface area (Å²) in [6, 6.07) is 0. The van der Waals surface area contributed by atoms with Gasteiger partial charge in [-0.1, -0.05) is 6.92 Å². The Morgan fingerprint density at radius 3 is 2.60 bits per heavy atom. The van der Waals surface area contributed by atoms with Crippen LogP contribution in [0.2, 0.25) is 0 Å². The van der Waals surface area contributed by atoms with Crippen molar-refractivity contribution >= 4 is 15.9 Å². The maximum Gasteiger partial charge on any atom is 0.241 e. The van der Waals surface area contributed by atoms with Crippen LogP contribution in [0.25, 0.3) is 0 Å². The van der Waals surface area contributed by atoms with Crippen LogP contribution in [0.4, 0.5) is 0 Å². The van der Waals surface area contributed by atoms with Gasteiger partial charge in [0.1, 0.15) is 5.54 Å². The number of nitrogens with zero attached hydrogens (tertiary/aromatic N) is 1. The number of rotatable bonds is 3. The summed E-state index contributed by atoms with van der Waals surface area (Å²) in [6.45, 7) is 5.84. The quantitative estimate of drug-likeness (QED) is 0.743. The van der Waals surface area contributed by atoms with Crippen molar-refractivity contribution < 1.29 is 13.2 Å². The first kappa shape index (κ1) is 12.4. The van der Waals surface area contributed by atoms with E-state index in [-0.39, 0.29) is 11.7 Å². The molecule has 0 aromatic rings. The van der Waals surface area contributed by atoms with E-state index < -0.39 is 15.6 Å². The Hall–Kier alpha value is -0.620. The van der Waals surface area contributed by atoms with Crippen LogP contribution >= 0.6 is 0 Å². The first-order chi connectivity index (χ1) is 6.82. The van der Waals surface area contributed by atoms with Crippen molar-refractivity contribution in [2.24, 2.45) is 0 Å². The molecule has 0 aromatic carbocycles. The lowest BCUT2D eigenvalue weighted by atomic mass is 10.0. The van der Waals surface area contributed by atoms with Crippen LogP contribution in [0.1, 0.15) is 27.2 Å². The highest BCUT2D eigenvalue weighted by molar-refractivity contribution is 7.89. The largest absolute Gasteiger partial charge is 0.353 e. The van der Waals surface area contributed by atoms with Gasteiger partial charge >= 0.3 is 0 Å². The van der Waals surface area contributed by atoms with E-state index in [1.54, 1.807) is 13.8 Å². The number of carbonyl (C=O) groups is 1. The Morgan fingerprint density at radius 1 is 1.47 bits per heavy atom. The lowest BCUT2D eigenvalue weighted by Crippen LogP contribution is -2.63. The highest BCUT2D eigenvalue weighted by Crippen LogP contribution is 2.22. The predicted molar refractivity (Wildman–Crippen MR) is 57.9 cm³/mol. The van der Waals surface area contributed by atoms with Crippen molar-refractivity contribution in [3.05, 3.63) is 0 Å². The molecule has 0 aromatic heterocycles. The molecule has 1 N–H and O–H groups in total. The highest BCUT2D eigenvalue weighted by atomic mass is 32.2. The minimum atomic E-state index is -3.30. The van der Waals surface area contributed by atoms with E-state index in [1.807, 2.05) is 6.92 Å². The van der Waals surface area contributed by atoms with Gasteiger partial charge in [-0.3, -0.25) is 4.79 Å². The van der Waals surface area contributed by atoms with Gasteiger partial charge in [0.15, 0.2) is 0 Å². The summed E-state index contributed by atoms with van der Waals surface area (Å²) in [7, 11) is -3.30. The Balaban J connectivity index is 2.99. The number of hydrogen-bond acceptors (Lipinski definition) is 3. The van der Waals surface area contributed by atoms with Crippen molar-refractivity contribution in [1.29, 1.82) is 0 Å². The number of hydrogen-bond donors (Lipinski definition) is 1. The molecule has 5 nitrogen and oxygen atoms in total. The molecule has 0 spiro atoms. The van der Waals surface area contributed by atoms with Crippen molar-refractivity contribution in [3.63, 3.8) is 0 Å². The van der Waals surface area contributed by atoms with Gasteiger partial charge in [-0.05, 0) is 20.3 Å². The minimum absolute atomic E-state index is 0.101. The number of sulfonamides is 1. The molecule has 1 amide bonds. The fourth-order valence-corrected chi connectivity index (χ4v) is 3.62. The molecule has 0 unspecified atom stereocenters. The second kappa shape index (κ2) is 4.09. The van der Waals surface area contributed by atoms with Gasteiger partial charge in [-0.2, -0.15) is 4.31 Å². The Labute approximate surface area is 90.9 Å². The second-order valence-corrected chi connectivity index (χ2v) is 6.22. The third-order valence-electron chi connectivity index (χ3n) is 2.58. The van der Waals surface area contributed by atoms with Crippen LogP contribution < -0.4 is 5.32 Å². The van der Waals surface area contributed by atoms with E-state index in [4.69, 9.17) is 0 Å².